The van der Waals surface area contributed by atoms with Gasteiger partial charge in [-0.2, -0.15) is 0 Å². The molecule has 3 heterocycles. The lowest BCUT2D eigenvalue weighted by Gasteiger charge is -2.53. The Bertz CT molecular complexity index is 392. The SMILES string of the molecule is O=C1CC[C@@H]2CCN3C=CN4CCCC4[C@@]23C1. The summed E-state index contributed by atoms with van der Waals surface area (Å²) in [5.74, 6) is 1.26. The van der Waals surface area contributed by atoms with Crippen LogP contribution < -0.4 is 0 Å². The Morgan fingerprint density at radius 2 is 2.12 bits per heavy atom. The maximum atomic E-state index is 12.0. The van der Waals surface area contributed by atoms with Crippen molar-refractivity contribution >= 4 is 5.78 Å². The van der Waals surface area contributed by atoms with Crippen LogP contribution in [0.25, 0.3) is 0 Å². The third-order valence-corrected chi connectivity index (χ3v) is 5.52. The standard InChI is InChI=1S/C14H20N2O/c17-12-4-3-11-5-7-16-9-8-15-6-1-2-13(15)14(11,16)10-12/h8-9,11,13H,1-7,10H2/t11-,13?,14-/m1/s1. The van der Waals surface area contributed by atoms with Crippen LogP contribution in [-0.4, -0.2) is 40.3 Å². The predicted molar refractivity (Wildman–Crippen MR) is 65.3 cm³/mol. The second kappa shape index (κ2) is 3.27. The molecule has 4 aliphatic rings. The van der Waals surface area contributed by atoms with Gasteiger partial charge in [0.05, 0.1) is 11.6 Å². The Balaban J connectivity index is 1.80. The molecule has 1 aliphatic carbocycles. The van der Waals surface area contributed by atoms with Crippen molar-refractivity contribution in [3.05, 3.63) is 12.4 Å². The van der Waals surface area contributed by atoms with Gasteiger partial charge in [-0.15, -0.1) is 0 Å². The van der Waals surface area contributed by atoms with Crippen molar-refractivity contribution in [2.24, 2.45) is 5.92 Å². The lowest BCUT2D eigenvalue weighted by molar-refractivity contribution is -0.127. The molecule has 17 heavy (non-hydrogen) atoms. The minimum Gasteiger partial charge on any atom is -0.371 e. The minimum absolute atomic E-state index is 0.181. The van der Waals surface area contributed by atoms with Crippen molar-refractivity contribution in [1.82, 2.24) is 9.80 Å². The van der Waals surface area contributed by atoms with Gasteiger partial charge in [-0.3, -0.25) is 4.79 Å². The molecule has 0 aromatic heterocycles. The van der Waals surface area contributed by atoms with E-state index in [4.69, 9.17) is 0 Å². The second-order valence-electron chi connectivity index (χ2n) is 6.12. The van der Waals surface area contributed by atoms with Gasteiger partial charge in [0.1, 0.15) is 5.78 Å². The topological polar surface area (TPSA) is 23.6 Å². The van der Waals surface area contributed by atoms with Crippen molar-refractivity contribution in [2.75, 3.05) is 13.1 Å². The number of ketones is 1. The summed E-state index contributed by atoms with van der Waals surface area (Å²) >= 11 is 0. The van der Waals surface area contributed by atoms with Crippen molar-refractivity contribution in [3.63, 3.8) is 0 Å². The van der Waals surface area contributed by atoms with Gasteiger partial charge in [0.15, 0.2) is 0 Å². The highest BCUT2D eigenvalue weighted by Crippen LogP contribution is 2.51. The quantitative estimate of drug-likeness (QED) is 0.635. The first-order chi connectivity index (χ1) is 8.30. The van der Waals surface area contributed by atoms with E-state index in [0.29, 0.717) is 11.8 Å². The van der Waals surface area contributed by atoms with Gasteiger partial charge in [-0.05, 0) is 31.6 Å². The number of carbonyl (C=O) groups excluding carboxylic acids is 1. The van der Waals surface area contributed by atoms with E-state index in [-0.39, 0.29) is 5.54 Å². The van der Waals surface area contributed by atoms with E-state index < -0.39 is 0 Å². The Morgan fingerprint density at radius 3 is 3.06 bits per heavy atom. The number of hydrogen-bond acceptors (Lipinski definition) is 3. The maximum Gasteiger partial charge on any atom is 0.135 e. The number of Topliss-reactive ketones (excluding diaryl/α,β-unsaturated/α-hetero) is 1. The molecule has 92 valence electrons. The van der Waals surface area contributed by atoms with Crippen LogP contribution >= 0.6 is 0 Å². The first kappa shape index (κ1) is 9.98. The van der Waals surface area contributed by atoms with Gasteiger partial charge >= 0.3 is 0 Å². The van der Waals surface area contributed by atoms with Crippen molar-refractivity contribution in [3.8, 4) is 0 Å². The van der Waals surface area contributed by atoms with Gasteiger partial charge in [0.2, 0.25) is 0 Å². The summed E-state index contributed by atoms with van der Waals surface area (Å²) < 4.78 is 0. The van der Waals surface area contributed by atoms with Crippen LogP contribution in [0, 0.1) is 5.92 Å². The lowest BCUT2D eigenvalue weighted by Crippen LogP contribution is -2.62. The highest BCUT2D eigenvalue weighted by molar-refractivity contribution is 5.81. The molecule has 2 saturated heterocycles. The van der Waals surface area contributed by atoms with E-state index in [1.165, 1.54) is 32.4 Å². The molecule has 1 unspecified atom stereocenters. The van der Waals surface area contributed by atoms with Gasteiger partial charge in [0, 0.05) is 38.3 Å². The Hall–Kier alpha value is -0.990. The van der Waals surface area contributed by atoms with Crippen LogP contribution in [0.3, 0.4) is 0 Å². The fourth-order valence-electron chi connectivity index (χ4n) is 4.83. The number of hydrogen-bond donors (Lipinski definition) is 0. The van der Waals surface area contributed by atoms with E-state index in [2.05, 4.69) is 22.2 Å². The van der Waals surface area contributed by atoms with Crippen LogP contribution in [0.2, 0.25) is 0 Å². The van der Waals surface area contributed by atoms with Crippen molar-refractivity contribution in [1.29, 1.82) is 0 Å². The lowest BCUT2D eigenvalue weighted by atomic mass is 9.67. The molecule has 0 amide bonds. The fraction of sp³-hybridized carbons (Fsp3) is 0.786. The van der Waals surface area contributed by atoms with E-state index >= 15 is 0 Å². The summed E-state index contributed by atoms with van der Waals surface area (Å²) in [7, 11) is 0. The summed E-state index contributed by atoms with van der Waals surface area (Å²) in [6.07, 6.45) is 11.2. The molecule has 4 rings (SSSR count). The van der Waals surface area contributed by atoms with E-state index in [0.717, 1.165) is 25.2 Å². The Kier molecular flexibility index (Phi) is 1.92. The third-order valence-electron chi connectivity index (χ3n) is 5.52. The van der Waals surface area contributed by atoms with Crippen LogP contribution in [0.5, 0.6) is 0 Å². The molecular formula is C14H20N2O. The molecule has 0 aromatic rings. The molecule has 0 N–H and O–H groups in total. The number of nitrogens with zero attached hydrogens (tertiary/aromatic N) is 2. The molecule has 1 spiro atoms. The molecule has 0 bridgehead atoms. The van der Waals surface area contributed by atoms with Crippen molar-refractivity contribution in [2.45, 2.75) is 50.1 Å². The Labute approximate surface area is 102 Å². The number of rotatable bonds is 0. The zero-order chi connectivity index (χ0) is 11.5. The molecular weight excluding hydrogens is 212 g/mol. The molecule has 3 aliphatic heterocycles. The monoisotopic (exact) mass is 232 g/mol. The first-order valence-corrected chi connectivity index (χ1v) is 7.03. The van der Waals surface area contributed by atoms with Gasteiger partial charge < -0.3 is 9.80 Å². The molecule has 3 heteroatoms. The average Bonchev–Trinajstić information content (AvgIpc) is 2.90. The summed E-state index contributed by atoms with van der Waals surface area (Å²) in [4.78, 5) is 17.0. The van der Waals surface area contributed by atoms with Gasteiger partial charge in [0.25, 0.3) is 0 Å². The molecule has 0 radical (unpaired) electrons. The zero-order valence-corrected chi connectivity index (χ0v) is 10.3. The predicted octanol–water partition coefficient (Wildman–Crippen LogP) is 1.75. The van der Waals surface area contributed by atoms with Crippen LogP contribution in [-0.2, 0) is 4.79 Å². The molecule has 3 nitrogen and oxygen atoms in total. The van der Waals surface area contributed by atoms with Crippen LogP contribution in [0.15, 0.2) is 12.4 Å². The molecule has 1 saturated carbocycles. The van der Waals surface area contributed by atoms with Crippen LogP contribution in [0.1, 0.15) is 38.5 Å². The summed E-state index contributed by atoms with van der Waals surface area (Å²) in [5.41, 5.74) is 0.181. The molecule has 3 atom stereocenters. The fourth-order valence-corrected chi connectivity index (χ4v) is 4.83. The first-order valence-electron chi connectivity index (χ1n) is 7.03. The minimum atomic E-state index is 0.181. The smallest absolute Gasteiger partial charge is 0.135 e. The zero-order valence-electron chi connectivity index (χ0n) is 10.3. The highest BCUT2D eigenvalue weighted by atomic mass is 16.1. The molecule has 3 fully saturated rings. The number of carbonyl (C=O) groups is 1. The highest BCUT2D eigenvalue weighted by Gasteiger charge is 2.58. The van der Waals surface area contributed by atoms with Crippen LogP contribution in [0.4, 0.5) is 0 Å². The summed E-state index contributed by atoms with van der Waals surface area (Å²) in [6, 6.07) is 0.615. The molecule has 0 aromatic carbocycles. The van der Waals surface area contributed by atoms with E-state index in [1.807, 2.05) is 0 Å². The van der Waals surface area contributed by atoms with Crippen molar-refractivity contribution < 1.29 is 4.79 Å². The second-order valence-corrected chi connectivity index (χ2v) is 6.12. The third kappa shape index (κ3) is 1.15. The Morgan fingerprint density at radius 1 is 1.18 bits per heavy atom. The maximum absolute atomic E-state index is 12.0. The summed E-state index contributed by atoms with van der Waals surface area (Å²) in [5, 5.41) is 0. The normalized spacial score (nSPS) is 43.6. The van der Waals surface area contributed by atoms with Gasteiger partial charge in [-0.1, -0.05) is 0 Å². The van der Waals surface area contributed by atoms with E-state index in [1.54, 1.807) is 0 Å². The van der Waals surface area contributed by atoms with E-state index in [9.17, 15) is 4.79 Å². The largest absolute Gasteiger partial charge is 0.371 e. The number of fused-ring (bicyclic) bond motifs is 1. The van der Waals surface area contributed by atoms with Gasteiger partial charge in [-0.25, -0.2) is 0 Å². The summed E-state index contributed by atoms with van der Waals surface area (Å²) in [6.45, 7) is 2.36. The average molecular weight is 232 g/mol.